The molecule has 6 rings (SSSR count). The molecule has 0 radical (unpaired) electrons. The molecule has 16 heteroatoms. The van der Waals surface area contributed by atoms with Crippen molar-refractivity contribution in [3.63, 3.8) is 0 Å². The number of benzene rings is 2. The highest BCUT2D eigenvalue weighted by Gasteiger charge is 2.54. The van der Waals surface area contributed by atoms with Crippen LogP contribution in [0, 0.1) is 5.82 Å². The molecule has 0 saturated carbocycles. The standard InChI is InChI=1S/C33H32FN5O9S/c1-2-37-14-22(29(42)21-12-23(34)25(13-24(21)37)38-10-8-36(18-40)9-11-38)33(46)48-15-19-17-49-31-27(30(43)39(31)28(19)32(44)45)35-26(41)16-47-20-6-4-3-5-7-20/h3-7,12-14,18,27,31H,2,8-11,15-17H2,1H3,(H,35,41)(H,44,45)/t27-,31-/m1/s1. The number of thioether (sulfide) groups is 1. The molecule has 3 aliphatic rings. The summed E-state index contributed by atoms with van der Waals surface area (Å²) in [6.07, 6.45) is 2.07. The quantitative estimate of drug-likeness (QED) is 0.169. The maximum atomic E-state index is 15.3. The first-order valence-corrected chi connectivity index (χ1v) is 16.5. The van der Waals surface area contributed by atoms with Gasteiger partial charge in [-0.1, -0.05) is 18.2 Å². The van der Waals surface area contributed by atoms with E-state index in [2.05, 4.69) is 5.32 Å². The van der Waals surface area contributed by atoms with E-state index in [0.29, 0.717) is 44.0 Å². The number of aryl methyl sites for hydroxylation is 1. The van der Waals surface area contributed by atoms with Crippen molar-refractivity contribution in [1.29, 1.82) is 0 Å². The Morgan fingerprint density at radius 1 is 1.10 bits per heavy atom. The average Bonchev–Trinajstić information content (AvgIpc) is 3.12. The first kappa shape index (κ1) is 33.5. The SMILES string of the molecule is CCn1cc(C(=O)OCC2=C(C(=O)O)N3C(=O)[C@@H](NC(=O)COc4ccccc4)[C@H]3SC2)c(=O)c2cc(F)c(N3CCN(C=O)CC3)cc21. The Hall–Kier alpha value is -5.38. The second kappa shape index (κ2) is 14.0. The number of hydrogen-bond donors (Lipinski definition) is 2. The van der Waals surface area contributed by atoms with Crippen molar-refractivity contribution >= 4 is 58.5 Å². The Morgan fingerprint density at radius 2 is 1.84 bits per heavy atom. The number of hydrogen-bond acceptors (Lipinski definition) is 10. The van der Waals surface area contributed by atoms with Gasteiger partial charge in [0.1, 0.15) is 40.8 Å². The smallest absolute Gasteiger partial charge is 0.352 e. The zero-order valence-electron chi connectivity index (χ0n) is 26.3. The molecule has 2 atom stereocenters. The van der Waals surface area contributed by atoms with E-state index in [-0.39, 0.29) is 40.3 Å². The van der Waals surface area contributed by atoms with Crippen LogP contribution in [0.4, 0.5) is 10.1 Å². The Balaban J connectivity index is 1.15. The summed E-state index contributed by atoms with van der Waals surface area (Å²) in [7, 11) is 0. The lowest BCUT2D eigenvalue weighted by Crippen LogP contribution is -2.71. The lowest BCUT2D eigenvalue weighted by Gasteiger charge is -2.49. The molecule has 3 aliphatic heterocycles. The van der Waals surface area contributed by atoms with E-state index in [0.717, 1.165) is 17.4 Å². The molecule has 49 heavy (non-hydrogen) atoms. The van der Waals surface area contributed by atoms with Gasteiger partial charge >= 0.3 is 11.9 Å². The van der Waals surface area contributed by atoms with Crippen LogP contribution in [0.1, 0.15) is 17.3 Å². The monoisotopic (exact) mass is 693 g/mol. The number of β-lactam (4-membered cyclic amide) rings is 1. The first-order valence-electron chi connectivity index (χ1n) is 15.5. The lowest BCUT2D eigenvalue weighted by atomic mass is 10.0. The molecule has 2 aromatic carbocycles. The largest absolute Gasteiger partial charge is 0.484 e. The van der Waals surface area contributed by atoms with Gasteiger partial charge < -0.3 is 34.3 Å². The second-order valence-corrected chi connectivity index (χ2v) is 12.6. The van der Waals surface area contributed by atoms with Crippen LogP contribution in [0.2, 0.25) is 0 Å². The third kappa shape index (κ3) is 6.55. The van der Waals surface area contributed by atoms with Gasteiger partial charge in [0.05, 0.1) is 11.2 Å². The number of carboxylic acid groups (broad SMARTS) is 1. The van der Waals surface area contributed by atoms with Gasteiger partial charge in [-0.3, -0.25) is 24.1 Å². The van der Waals surface area contributed by atoms with Crippen molar-refractivity contribution in [1.82, 2.24) is 19.7 Å². The van der Waals surface area contributed by atoms with Gasteiger partial charge in [-0.25, -0.2) is 14.0 Å². The van der Waals surface area contributed by atoms with Gasteiger partial charge in [-0.2, -0.15) is 0 Å². The van der Waals surface area contributed by atoms with Crippen molar-refractivity contribution in [3.05, 3.63) is 81.5 Å². The summed E-state index contributed by atoms with van der Waals surface area (Å²) in [4.78, 5) is 79.9. The molecule has 14 nitrogen and oxygen atoms in total. The molecule has 2 fully saturated rings. The molecule has 3 amide bonds. The number of pyridine rings is 1. The molecule has 0 unspecified atom stereocenters. The zero-order chi connectivity index (χ0) is 34.8. The zero-order valence-corrected chi connectivity index (χ0v) is 27.1. The molecule has 1 aromatic heterocycles. The van der Waals surface area contributed by atoms with Crippen molar-refractivity contribution in [3.8, 4) is 5.75 Å². The molecule has 3 aromatic rings. The molecule has 0 bridgehead atoms. The number of anilines is 1. The minimum absolute atomic E-state index is 0.0287. The molecule has 2 saturated heterocycles. The van der Waals surface area contributed by atoms with Crippen molar-refractivity contribution in [2.24, 2.45) is 0 Å². The van der Waals surface area contributed by atoms with Gasteiger partial charge in [0.25, 0.3) is 11.8 Å². The summed E-state index contributed by atoms with van der Waals surface area (Å²) in [5.41, 5.74) is -0.651. The Bertz CT molecular complexity index is 1930. The Labute approximate surface area is 283 Å². The van der Waals surface area contributed by atoms with E-state index in [4.69, 9.17) is 9.47 Å². The molecule has 2 N–H and O–H groups in total. The minimum Gasteiger partial charge on any atom is -0.484 e. The average molecular weight is 694 g/mol. The number of para-hydroxylation sites is 1. The topological polar surface area (TPSA) is 168 Å². The predicted octanol–water partition coefficient (Wildman–Crippen LogP) is 1.41. The normalized spacial score (nSPS) is 18.9. The number of nitrogens with zero attached hydrogens (tertiary/aromatic N) is 4. The van der Waals surface area contributed by atoms with Crippen LogP contribution < -0.4 is 20.4 Å². The maximum Gasteiger partial charge on any atom is 0.352 e. The van der Waals surface area contributed by atoms with Crippen molar-refractivity contribution < 1.29 is 42.9 Å². The summed E-state index contributed by atoms with van der Waals surface area (Å²) in [5, 5.41) is 11.9. The number of nitrogens with one attached hydrogen (secondary N) is 1. The van der Waals surface area contributed by atoms with Crippen LogP contribution in [-0.2, 0) is 30.5 Å². The fourth-order valence-electron chi connectivity index (χ4n) is 6.02. The lowest BCUT2D eigenvalue weighted by molar-refractivity contribution is -0.151. The minimum atomic E-state index is -1.42. The van der Waals surface area contributed by atoms with Crippen LogP contribution in [0.15, 0.2) is 64.7 Å². The molecule has 256 valence electrons. The van der Waals surface area contributed by atoms with E-state index in [1.165, 1.54) is 18.0 Å². The molecular formula is C33H32FN5O9S. The number of halogens is 1. The summed E-state index contributed by atoms with van der Waals surface area (Å²) in [6, 6.07) is 10.3. The Kier molecular flexibility index (Phi) is 9.58. The number of aromatic nitrogens is 1. The van der Waals surface area contributed by atoms with Crippen molar-refractivity contribution in [2.75, 3.05) is 50.0 Å². The number of fused-ring (bicyclic) bond motifs is 2. The van der Waals surface area contributed by atoms with Crippen LogP contribution >= 0.6 is 11.8 Å². The summed E-state index contributed by atoms with van der Waals surface area (Å²) in [5.74, 6) is -3.75. The predicted molar refractivity (Wildman–Crippen MR) is 176 cm³/mol. The number of carbonyl (C=O) groups is 5. The van der Waals surface area contributed by atoms with Crippen LogP contribution in [0.5, 0.6) is 5.75 Å². The van der Waals surface area contributed by atoms with Crippen LogP contribution in [0.25, 0.3) is 10.9 Å². The molecular weight excluding hydrogens is 661 g/mol. The van der Waals surface area contributed by atoms with Gasteiger partial charge in [0, 0.05) is 55.6 Å². The number of aliphatic carboxylic acids is 1. The van der Waals surface area contributed by atoms with E-state index in [1.807, 2.05) is 0 Å². The fraction of sp³-hybridized carbons (Fsp3) is 0.333. The van der Waals surface area contributed by atoms with E-state index in [1.54, 1.807) is 57.7 Å². The first-order chi connectivity index (χ1) is 23.6. The number of carboxylic acids is 1. The number of ether oxygens (including phenoxy) is 2. The molecule has 0 spiro atoms. The third-order valence-electron chi connectivity index (χ3n) is 8.57. The highest BCUT2D eigenvalue weighted by molar-refractivity contribution is 8.00. The van der Waals surface area contributed by atoms with E-state index >= 15 is 4.39 Å². The third-order valence-corrected chi connectivity index (χ3v) is 9.91. The Morgan fingerprint density at radius 3 is 2.51 bits per heavy atom. The highest BCUT2D eigenvalue weighted by atomic mass is 32.2. The van der Waals surface area contributed by atoms with Gasteiger partial charge in [0.2, 0.25) is 11.8 Å². The summed E-state index contributed by atoms with van der Waals surface area (Å²) >= 11 is 1.19. The highest BCUT2D eigenvalue weighted by Crippen LogP contribution is 2.40. The number of rotatable bonds is 11. The number of carbonyl (C=O) groups excluding carboxylic acids is 4. The summed E-state index contributed by atoms with van der Waals surface area (Å²) in [6.45, 7) is 2.96. The molecule has 0 aliphatic carbocycles. The van der Waals surface area contributed by atoms with Crippen molar-refractivity contribution in [2.45, 2.75) is 24.9 Å². The van der Waals surface area contributed by atoms with Gasteiger partial charge in [0.15, 0.2) is 6.61 Å². The maximum absolute atomic E-state index is 15.3. The fourth-order valence-corrected chi connectivity index (χ4v) is 7.35. The van der Waals surface area contributed by atoms with Gasteiger partial charge in [-0.15, -0.1) is 11.8 Å². The van der Waals surface area contributed by atoms with Gasteiger partial charge in [-0.05, 0) is 31.2 Å². The van der Waals surface area contributed by atoms with E-state index < -0.39 is 53.0 Å². The molecule has 4 heterocycles. The number of esters is 1. The van der Waals surface area contributed by atoms with E-state index in [9.17, 15) is 33.9 Å². The van der Waals surface area contributed by atoms with Crippen LogP contribution in [-0.4, -0.2) is 106 Å². The van der Waals surface area contributed by atoms with Crippen LogP contribution in [0.3, 0.4) is 0 Å². The number of piperazine rings is 1. The number of amides is 3. The summed E-state index contributed by atoms with van der Waals surface area (Å²) < 4.78 is 27.8. The second-order valence-electron chi connectivity index (χ2n) is 11.5.